The van der Waals surface area contributed by atoms with E-state index in [0.29, 0.717) is 17.5 Å². The normalized spacial score (nSPS) is 10.5. The van der Waals surface area contributed by atoms with Crippen molar-refractivity contribution in [1.82, 2.24) is 24.7 Å². The van der Waals surface area contributed by atoms with Gasteiger partial charge in [0.05, 0.1) is 17.4 Å². The quantitative estimate of drug-likeness (QED) is 0.886. The highest BCUT2D eigenvalue weighted by molar-refractivity contribution is 6.30. The molecule has 0 aliphatic heterocycles. The predicted octanol–water partition coefficient (Wildman–Crippen LogP) is 1.22. The molecular formula is C10H13ClN6. The Labute approximate surface area is 104 Å². The molecule has 0 saturated carbocycles. The molecule has 0 unspecified atom stereocenters. The zero-order valence-electron chi connectivity index (χ0n) is 9.68. The van der Waals surface area contributed by atoms with Crippen LogP contribution in [0.5, 0.6) is 0 Å². The predicted molar refractivity (Wildman–Crippen MR) is 65.0 cm³/mol. The first-order valence-corrected chi connectivity index (χ1v) is 5.61. The van der Waals surface area contributed by atoms with Crippen molar-refractivity contribution in [2.45, 2.75) is 13.3 Å². The summed E-state index contributed by atoms with van der Waals surface area (Å²) in [5.74, 6) is 2.40. The smallest absolute Gasteiger partial charge is 0.222 e. The lowest BCUT2D eigenvalue weighted by atomic mass is 10.4. The Morgan fingerprint density at radius 3 is 2.59 bits per heavy atom. The third kappa shape index (κ3) is 2.91. The van der Waals surface area contributed by atoms with Crippen molar-refractivity contribution in [2.75, 3.05) is 11.9 Å². The first kappa shape index (κ1) is 11.8. The highest BCUT2D eigenvalue weighted by atomic mass is 35.5. The maximum absolute atomic E-state index is 5.69. The van der Waals surface area contributed by atoms with Gasteiger partial charge in [-0.3, -0.25) is 0 Å². The summed E-state index contributed by atoms with van der Waals surface area (Å²) in [5, 5.41) is 11.7. The molecule has 0 aliphatic rings. The molecule has 0 amide bonds. The van der Waals surface area contributed by atoms with E-state index in [2.05, 4.69) is 25.5 Å². The Bertz CT molecular complexity index is 492. The lowest BCUT2D eigenvalue weighted by Gasteiger charge is -2.04. The molecule has 0 spiro atoms. The van der Waals surface area contributed by atoms with Crippen molar-refractivity contribution in [3.63, 3.8) is 0 Å². The van der Waals surface area contributed by atoms with Gasteiger partial charge >= 0.3 is 0 Å². The number of halogens is 1. The first-order valence-electron chi connectivity index (χ1n) is 5.23. The van der Waals surface area contributed by atoms with E-state index in [4.69, 9.17) is 11.6 Å². The summed E-state index contributed by atoms with van der Waals surface area (Å²) in [7, 11) is 1.95. The lowest BCUT2D eigenvalue weighted by Crippen LogP contribution is -2.10. The Balaban J connectivity index is 1.87. The number of hydrogen-bond donors (Lipinski definition) is 1. The summed E-state index contributed by atoms with van der Waals surface area (Å²) in [5.41, 5.74) is 0. The van der Waals surface area contributed by atoms with E-state index >= 15 is 0 Å². The second-order valence-corrected chi connectivity index (χ2v) is 4.06. The summed E-state index contributed by atoms with van der Waals surface area (Å²) < 4.78 is 1.96. The minimum Gasteiger partial charge on any atom is -0.354 e. The first-order chi connectivity index (χ1) is 8.16. The van der Waals surface area contributed by atoms with E-state index in [0.717, 1.165) is 18.1 Å². The zero-order valence-corrected chi connectivity index (χ0v) is 10.4. The van der Waals surface area contributed by atoms with Crippen LogP contribution < -0.4 is 5.32 Å². The third-order valence-electron chi connectivity index (χ3n) is 2.43. The molecule has 0 atom stereocenters. The van der Waals surface area contributed by atoms with Gasteiger partial charge in [-0.2, -0.15) is 0 Å². The van der Waals surface area contributed by atoms with Gasteiger partial charge in [-0.15, -0.1) is 10.2 Å². The van der Waals surface area contributed by atoms with E-state index in [-0.39, 0.29) is 0 Å². The molecule has 90 valence electrons. The van der Waals surface area contributed by atoms with Gasteiger partial charge in [0.1, 0.15) is 11.6 Å². The van der Waals surface area contributed by atoms with Crippen LogP contribution in [0.2, 0.25) is 5.02 Å². The number of nitrogens with one attached hydrogen (secondary N) is 1. The van der Waals surface area contributed by atoms with Crippen LogP contribution >= 0.6 is 11.6 Å². The molecule has 2 heterocycles. The Hall–Kier alpha value is -1.69. The topological polar surface area (TPSA) is 68.5 Å². The molecule has 2 rings (SSSR count). The van der Waals surface area contributed by atoms with Gasteiger partial charge in [-0.25, -0.2) is 9.97 Å². The Kier molecular flexibility index (Phi) is 3.53. The fraction of sp³-hybridized carbons (Fsp3) is 0.400. The lowest BCUT2D eigenvalue weighted by molar-refractivity contribution is 0.768. The summed E-state index contributed by atoms with van der Waals surface area (Å²) in [6, 6.07) is 0. The second-order valence-electron chi connectivity index (χ2n) is 3.62. The molecule has 17 heavy (non-hydrogen) atoms. The van der Waals surface area contributed by atoms with Gasteiger partial charge in [0.2, 0.25) is 5.95 Å². The number of hydrogen-bond acceptors (Lipinski definition) is 5. The standard InChI is InChI=1S/C10H13ClN6/c1-7-15-16-9(17(7)2)3-4-12-10-13-5-8(11)6-14-10/h5-6H,3-4H2,1-2H3,(H,12,13,14). The molecule has 0 radical (unpaired) electrons. The van der Waals surface area contributed by atoms with Crippen LogP contribution in [0.25, 0.3) is 0 Å². The average Bonchev–Trinajstić information content (AvgIpc) is 2.64. The van der Waals surface area contributed by atoms with E-state index < -0.39 is 0 Å². The molecule has 0 saturated heterocycles. The molecule has 0 bridgehead atoms. The number of anilines is 1. The van der Waals surface area contributed by atoms with Crippen LogP contribution in [-0.2, 0) is 13.5 Å². The van der Waals surface area contributed by atoms with Crippen molar-refractivity contribution in [3.8, 4) is 0 Å². The monoisotopic (exact) mass is 252 g/mol. The largest absolute Gasteiger partial charge is 0.354 e. The van der Waals surface area contributed by atoms with E-state index in [1.807, 2.05) is 18.5 Å². The number of aromatic nitrogens is 5. The molecule has 2 aromatic heterocycles. The summed E-state index contributed by atoms with van der Waals surface area (Å²) in [6.07, 6.45) is 3.88. The maximum Gasteiger partial charge on any atom is 0.222 e. The van der Waals surface area contributed by atoms with Crippen molar-refractivity contribution in [1.29, 1.82) is 0 Å². The maximum atomic E-state index is 5.69. The number of nitrogens with zero attached hydrogens (tertiary/aromatic N) is 5. The van der Waals surface area contributed by atoms with Crippen LogP contribution in [-0.4, -0.2) is 31.3 Å². The van der Waals surface area contributed by atoms with E-state index in [9.17, 15) is 0 Å². The van der Waals surface area contributed by atoms with Crippen molar-refractivity contribution in [2.24, 2.45) is 7.05 Å². The summed E-state index contributed by atoms with van der Waals surface area (Å²) in [4.78, 5) is 8.08. The molecule has 1 N–H and O–H groups in total. The van der Waals surface area contributed by atoms with Crippen LogP contribution in [0.1, 0.15) is 11.6 Å². The van der Waals surface area contributed by atoms with Crippen molar-refractivity contribution in [3.05, 3.63) is 29.1 Å². The molecule has 6 nitrogen and oxygen atoms in total. The van der Waals surface area contributed by atoms with Crippen molar-refractivity contribution >= 4 is 17.5 Å². The fourth-order valence-electron chi connectivity index (χ4n) is 1.36. The van der Waals surface area contributed by atoms with Gasteiger partial charge in [-0.05, 0) is 6.92 Å². The minimum atomic E-state index is 0.527. The van der Waals surface area contributed by atoms with Gasteiger partial charge in [0.25, 0.3) is 0 Å². The second kappa shape index (κ2) is 5.09. The van der Waals surface area contributed by atoms with Gasteiger partial charge in [0, 0.05) is 20.0 Å². The molecule has 0 aromatic carbocycles. The van der Waals surface area contributed by atoms with Gasteiger partial charge in [0.15, 0.2) is 0 Å². The van der Waals surface area contributed by atoms with Crippen LogP contribution in [0.4, 0.5) is 5.95 Å². The number of aryl methyl sites for hydroxylation is 1. The summed E-state index contributed by atoms with van der Waals surface area (Å²) >= 11 is 5.69. The molecule has 0 aliphatic carbocycles. The minimum absolute atomic E-state index is 0.527. The fourth-order valence-corrected chi connectivity index (χ4v) is 1.46. The van der Waals surface area contributed by atoms with Crippen LogP contribution in [0.15, 0.2) is 12.4 Å². The van der Waals surface area contributed by atoms with Crippen LogP contribution in [0, 0.1) is 6.92 Å². The molecular weight excluding hydrogens is 240 g/mol. The highest BCUT2D eigenvalue weighted by Crippen LogP contribution is 2.05. The van der Waals surface area contributed by atoms with E-state index in [1.54, 1.807) is 12.4 Å². The highest BCUT2D eigenvalue weighted by Gasteiger charge is 2.04. The Morgan fingerprint density at radius 1 is 1.29 bits per heavy atom. The molecule has 7 heteroatoms. The number of rotatable bonds is 4. The average molecular weight is 253 g/mol. The molecule has 0 fully saturated rings. The van der Waals surface area contributed by atoms with Gasteiger partial charge in [-0.1, -0.05) is 11.6 Å². The zero-order chi connectivity index (χ0) is 12.3. The van der Waals surface area contributed by atoms with E-state index in [1.165, 1.54) is 0 Å². The van der Waals surface area contributed by atoms with Crippen molar-refractivity contribution < 1.29 is 0 Å². The third-order valence-corrected chi connectivity index (χ3v) is 2.63. The molecule has 2 aromatic rings. The SMILES string of the molecule is Cc1nnc(CCNc2ncc(Cl)cn2)n1C. The van der Waals surface area contributed by atoms with Gasteiger partial charge < -0.3 is 9.88 Å². The Morgan fingerprint density at radius 2 is 2.00 bits per heavy atom. The van der Waals surface area contributed by atoms with Crippen LogP contribution in [0.3, 0.4) is 0 Å². The summed E-state index contributed by atoms with van der Waals surface area (Å²) in [6.45, 7) is 2.62.